The number of amides is 3. The quantitative estimate of drug-likeness (QED) is 0.726. The van der Waals surface area contributed by atoms with Gasteiger partial charge in [-0.3, -0.25) is 9.69 Å². The molecule has 0 bridgehead atoms. The molecule has 2 heterocycles. The van der Waals surface area contributed by atoms with Crippen molar-refractivity contribution in [2.75, 3.05) is 10.2 Å². The topological polar surface area (TPSA) is 96.5 Å². The number of fused-ring (bicyclic) bond motifs is 1. The number of anilines is 2. The molecular weight excluding hydrogens is 427 g/mol. The van der Waals surface area contributed by atoms with E-state index in [1.165, 1.54) is 11.0 Å². The molecule has 1 aromatic heterocycles. The number of carbonyl (C=O) groups excluding carboxylic acids is 2. The molecule has 0 saturated heterocycles. The number of alkyl halides is 3. The van der Waals surface area contributed by atoms with Crippen molar-refractivity contribution in [3.63, 3.8) is 0 Å². The Bertz CT molecular complexity index is 1040. The number of benzene rings is 1. The standard InChI is InChI=1S/C21H24F3N5O3/c1-11(14-8-9-25-18(27-14)21(22,23)24)29-15-7-6-13(26-19(31)28-20(3,4)5)10-16(15)32-12(2)17(29)30/h6-12H,1-5H3,(H2,26,28,31)/t11-,12+/m0/s1. The molecule has 8 nitrogen and oxygen atoms in total. The maximum absolute atomic E-state index is 13.0. The Labute approximate surface area is 183 Å². The van der Waals surface area contributed by atoms with Gasteiger partial charge in [-0.25, -0.2) is 14.8 Å². The zero-order chi connectivity index (χ0) is 23.8. The lowest BCUT2D eigenvalue weighted by Gasteiger charge is -2.37. The Morgan fingerprint density at radius 2 is 1.91 bits per heavy atom. The molecule has 3 rings (SSSR count). The van der Waals surface area contributed by atoms with E-state index >= 15 is 0 Å². The zero-order valence-corrected chi connectivity index (χ0v) is 18.2. The van der Waals surface area contributed by atoms with Gasteiger partial charge in [-0.1, -0.05) is 0 Å². The third-order valence-corrected chi connectivity index (χ3v) is 4.60. The van der Waals surface area contributed by atoms with Crippen molar-refractivity contribution in [3.05, 3.63) is 42.0 Å². The van der Waals surface area contributed by atoms with Gasteiger partial charge in [-0.2, -0.15) is 13.2 Å². The second-order valence-corrected chi connectivity index (χ2v) is 8.46. The van der Waals surface area contributed by atoms with Crippen molar-refractivity contribution in [1.82, 2.24) is 15.3 Å². The van der Waals surface area contributed by atoms with E-state index < -0.39 is 41.6 Å². The summed E-state index contributed by atoms with van der Waals surface area (Å²) in [5, 5.41) is 5.46. The Morgan fingerprint density at radius 1 is 1.22 bits per heavy atom. The van der Waals surface area contributed by atoms with Crippen LogP contribution in [0.4, 0.5) is 29.3 Å². The van der Waals surface area contributed by atoms with Gasteiger partial charge in [0.25, 0.3) is 5.91 Å². The molecule has 3 amide bonds. The number of hydrogen-bond acceptors (Lipinski definition) is 5. The molecule has 0 fully saturated rings. The van der Waals surface area contributed by atoms with E-state index in [9.17, 15) is 22.8 Å². The van der Waals surface area contributed by atoms with Gasteiger partial charge in [0.1, 0.15) is 5.75 Å². The maximum Gasteiger partial charge on any atom is 0.451 e. The number of carbonyl (C=O) groups is 2. The van der Waals surface area contributed by atoms with Gasteiger partial charge in [0.2, 0.25) is 5.82 Å². The third-order valence-electron chi connectivity index (χ3n) is 4.60. The summed E-state index contributed by atoms with van der Waals surface area (Å²) in [6, 6.07) is 4.80. The summed E-state index contributed by atoms with van der Waals surface area (Å²) in [6.45, 7) is 8.63. The van der Waals surface area contributed by atoms with Gasteiger partial charge in [0, 0.05) is 23.5 Å². The van der Waals surface area contributed by atoms with E-state index in [1.807, 2.05) is 20.8 Å². The van der Waals surface area contributed by atoms with E-state index in [1.54, 1.807) is 32.0 Å². The smallest absolute Gasteiger partial charge is 0.451 e. The number of rotatable bonds is 3. The number of urea groups is 1. The average molecular weight is 451 g/mol. The number of ether oxygens (including phenoxy) is 1. The van der Waals surface area contributed by atoms with Gasteiger partial charge in [0.15, 0.2) is 6.10 Å². The SMILES string of the molecule is C[C@H]1Oc2cc(NC(=O)NC(C)(C)C)ccc2N([C@@H](C)c2ccnc(C(F)(F)F)n2)C1=O. The zero-order valence-electron chi connectivity index (χ0n) is 18.2. The number of hydrogen-bond donors (Lipinski definition) is 2. The van der Waals surface area contributed by atoms with Gasteiger partial charge < -0.3 is 15.4 Å². The highest BCUT2D eigenvalue weighted by Crippen LogP contribution is 2.40. The number of nitrogens with one attached hydrogen (secondary N) is 2. The van der Waals surface area contributed by atoms with E-state index in [4.69, 9.17) is 4.74 Å². The van der Waals surface area contributed by atoms with Crippen LogP contribution in [-0.4, -0.2) is 33.5 Å². The molecular formula is C21H24F3N5O3. The van der Waals surface area contributed by atoms with Gasteiger partial charge in [0.05, 0.1) is 17.4 Å². The Balaban J connectivity index is 1.92. The molecule has 172 valence electrons. The minimum Gasteiger partial charge on any atom is -0.479 e. The first kappa shape index (κ1) is 23.3. The largest absolute Gasteiger partial charge is 0.479 e. The molecule has 2 atom stereocenters. The van der Waals surface area contributed by atoms with Crippen LogP contribution in [0, 0.1) is 0 Å². The van der Waals surface area contributed by atoms with E-state index in [-0.39, 0.29) is 5.69 Å². The summed E-state index contributed by atoms with van der Waals surface area (Å²) in [4.78, 5) is 33.2. The molecule has 0 radical (unpaired) electrons. The predicted molar refractivity (Wildman–Crippen MR) is 111 cm³/mol. The Morgan fingerprint density at radius 3 is 2.53 bits per heavy atom. The second-order valence-electron chi connectivity index (χ2n) is 8.46. The fraction of sp³-hybridized carbons (Fsp3) is 0.429. The van der Waals surface area contributed by atoms with Gasteiger partial charge in [-0.05, 0) is 52.8 Å². The van der Waals surface area contributed by atoms with Crippen LogP contribution in [0.15, 0.2) is 30.5 Å². The lowest BCUT2D eigenvalue weighted by molar-refractivity contribution is -0.145. The summed E-state index contributed by atoms with van der Waals surface area (Å²) < 4.78 is 44.8. The summed E-state index contributed by atoms with van der Waals surface area (Å²) in [6.07, 6.45) is -4.57. The number of halogens is 3. The van der Waals surface area contributed by atoms with Crippen molar-refractivity contribution >= 4 is 23.3 Å². The molecule has 1 aliphatic rings. The highest BCUT2D eigenvalue weighted by molar-refractivity contribution is 6.01. The van der Waals surface area contributed by atoms with Crippen LogP contribution in [-0.2, 0) is 11.0 Å². The predicted octanol–water partition coefficient (Wildman–Crippen LogP) is 4.29. The first-order valence-electron chi connectivity index (χ1n) is 9.89. The Hall–Kier alpha value is -3.37. The minimum absolute atomic E-state index is 0.0347. The molecule has 0 spiro atoms. The van der Waals surface area contributed by atoms with Gasteiger partial charge >= 0.3 is 12.2 Å². The molecule has 1 aromatic carbocycles. The van der Waals surface area contributed by atoms with Crippen LogP contribution in [0.5, 0.6) is 5.75 Å². The normalized spacial score (nSPS) is 17.3. The maximum atomic E-state index is 13.0. The Kier molecular flexibility index (Phi) is 6.03. The second kappa shape index (κ2) is 8.29. The monoisotopic (exact) mass is 451 g/mol. The summed E-state index contributed by atoms with van der Waals surface area (Å²) in [5.41, 5.74) is 0.387. The fourth-order valence-electron chi connectivity index (χ4n) is 3.22. The summed E-state index contributed by atoms with van der Waals surface area (Å²) >= 11 is 0. The van der Waals surface area contributed by atoms with Crippen LogP contribution in [0.1, 0.15) is 52.2 Å². The molecule has 0 saturated carbocycles. The van der Waals surface area contributed by atoms with Crippen LogP contribution in [0.25, 0.3) is 0 Å². The molecule has 0 aliphatic carbocycles. The van der Waals surface area contributed by atoms with Crippen LogP contribution in [0.3, 0.4) is 0 Å². The highest BCUT2D eigenvalue weighted by atomic mass is 19.4. The number of nitrogens with zero attached hydrogens (tertiary/aromatic N) is 3. The molecule has 2 N–H and O–H groups in total. The molecule has 2 aromatic rings. The molecule has 0 unspecified atom stereocenters. The summed E-state index contributed by atoms with van der Waals surface area (Å²) in [7, 11) is 0. The fourth-order valence-corrected chi connectivity index (χ4v) is 3.22. The lowest BCUT2D eigenvalue weighted by atomic mass is 10.1. The van der Waals surface area contributed by atoms with E-state index in [0.717, 1.165) is 6.20 Å². The first-order valence-corrected chi connectivity index (χ1v) is 9.89. The summed E-state index contributed by atoms with van der Waals surface area (Å²) in [5.74, 6) is -1.40. The van der Waals surface area contributed by atoms with Crippen molar-refractivity contribution in [3.8, 4) is 5.75 Å². The third kappa shape index (κ3) is 5.09. The van der Waals surface area contributed by atoms with E-state index in [0.29, 0.717) is 17.1 Å². The van der Waals surface area contributed by atoms with Crippen LogP contribution >= 0.6 is 0 Å². The van der Waals surface area contributed by atoms with Crippen molar-refractivity contribution in [2.24, 2.45) is 0 Å². The van der Waals surface area contributed by atoms with Crippen molar-refractivity contribution in [2.45, 2.75) is 58.5 Å². The van der Waals surface area contributed by atoms with E-state index in [2.05, 4.69) is 20.6 Å². The molecule has 32 heavy (non-hydrogen) atoms. The van der Waals surface area contributed by atoms with Gasteiger partial charge in [-0.15, -0.1) is 0 Å². The first-order chi connectivity index (χ1) is 14.8. The molecule has 11 heteroatoms. The highest BCUT2D eigenvalue weighted by Gasteiger charge is 2.38. The average Bonchev–Trinajstić information content (AvgIpc) is 2.66. The van der Waals surface area contributed by atoms with Crippen molar-refractivity contribution < 1.29 is 27.5 Å². The number of aromatic nitrogens is 2. The minimum atomic E-state index is -4.70. The van der Waals surface area contributed by atoms with Crippen LogP contribution < -0.4 is 20.3 Å². The van der Waals surface area contributed by atoms with Crippen molar-refractivity contribution in [1.29, 1.82) is 0 Å². The lowest BCUT2D eigenvalue weighted by Crippen LogP contribution is -2.46. The molecule has 1 aliphatic heterocycles. The van der Waals surface area contributed by atoms with Crippen LogP contribution in [0.2, 0.25) is 0 Å².